The quantitative estimate of drug-likeness (QED) is 0.403. The van der Waals surface area contributed by atoms with Crippen LogP contribution in [0.1, 0.15) is 28.1 Å². The Morgan fingerprint density at radius 1 is 1.11 bits per heavy atom. The summed E-state index contributed by atoms with van der Waals surface area (Å²) in [4.78, 5) is 21.1. The Hall–Kier alpha value is -3.19. The third-order valence-corrected chi connectivity index (χ3v) is 5.61. The van der Waals surface area contributed by atoms with Crippen LogP contribution in [0.2, 0.25) is 0 Å². The van der Waals surface area contributed by atoms with Gasteiger partial charge in [-0.3, -0.25) is 9.48 Å². The van der Waals surface area contributed by atoms with Crippen molar-refractivity contribution in [1.82, 2.24) is 19.7 Å². The Labute approximate surface area is 167 Å². The van der Waals surface area contributed by atoms with Crippen LogP contribution in [0, 0.1) is 0 Å². The molecule has 6 nitrogen and oxygen atoms in total. The number of hydrogen-bond donors (Lipinski definition) is 1. The van der Waals surface area contributed by atoms with Crippen molar-refractivity contribution in [1.29, 1.82) is 0 Å². The summed E-state index contributed by atoms with van der Waals surface area (Å²) in [6, 6.07) is 17.1. The molecule has 140 valence electrons. The number of aryl methyl sites for hydroxylation is 1. The average molecular weight is 389 g/mol. The maximum Gasteiger partial charge on any atom is 0.255 e. The Morgan fingerprint density at radius 3 is 2.75 bits per heavy atom. The molecule has 0 fully saturated rings. The molecule has 0 saturated carbocycles. The Bertz CT molecular complexity index is 1130. The lowest BCUT2D eigenvalue weighted by molar-refractivity contribution is 0.102. The van der Waals surface area contributed by atoms with Crippen LogP contribution in [0.15, 0.2) is 72.1 Å². The van der Waals surface area contributed by atoms with Gasteiger partial charge in [0.25, 0.3) is 5.91 Å². The van der Waals surface area contributed by atoms with Gasteiger partial charge in [-0.05, 0) is 36.8 Å². The lowest BCUT2D eigenvalue weighted by atomic mass is 10.1. The number of carbonyl (C=O) groups excluding carboxylic acids is 1. The van der Waals surface area contributed by atoms with Crippen LogP contribution in [0.5, 0.6) is 0 Å². The van der Waals surface area contributed by atoms with Gasteiger partial charge in [0.2, 0.25) is 0 Å². The van der Waals surface area contributed by atoms with Gasteiger partial charge in [0, 0.05) is 23.5 Å². The van der Waals surface area contributed by atoms with E-state index in [0.29, 0.717) is 5.56 Å². The van der Waals surface area contributed by atoms with E-state index >= 15 is 0 Å². The van der Waals surface area contributed by atoms with Crippen molar-refractivity contribution >= 4 is 34.4 Å². The zero-order valence-electron chi connectivity index (χ0n) is 15.5. The summed E-state index contributed by atoms with van der Waals surface area (Å²) in [5, 5.41) is 9.21. The molecule has 0 radical (unpaired) electrons. The van der Waals surface area contributed by atoms with Crippen LogP contribution in [-0.4, -0.2) is 25.7 Å². The first-order valence-electron chi connectivity index (χ1n) is 8.87. The first-order chi connectivity index (χ1) is 13.6. The number of aromatic nitrogens is 4. The van der Waals surface area contributed by atoms with Gasteiger partial charge in [-0.2, -0.15) is 5.10 Å². The van der Waals surface area contributed by atoms with Crippen molar-refractivity contribution in [3.63, 3.8) is 0 Å². The summed E-state index contributed by atoms with van der Waals surface area (Å²) in [5.74, 6) is -0.120. The normalized spacial score (nSPS) is 12.1. The summed E-state index contributed by atoms with van der Waals surface area (Å²) in [5.41, 5.74) is 3.32. The molecule has 0 aliphatic carbocycles. The summed E-state index contributed by atoms with van der Waals surface area (Å²) >= 11 is 1.65. The largest absolute Gasteiger partial charge is 0.322 e. The van der Waals surface area contributed by atoms with Crippen LogP contribution < -0.4 is 5.32 Å². The lowest BCUT2D eigenvalue weighted by Gasteiger charge is -2.13. The number of rotatable bonds is 5. The molecular formula is C21H19N5OS. The topological polar surface area (TPSA) is 72.7 Å². The molecule has 4 aromatic rings. The highest BCUT2D eigenvalue weighted by atomic mass is 32.2. The van der Waals surface area contributed by atoms with Gasteiger partial charge in [0.1, 0.15) is 11.4 Å². The molecule has 2 aromatic carbocycles. The molecular weight excluding hydrogens is 370 g/mol. The van der Waals surface area contributed by atoms with Crippen LogP contribution in [-0.2, 0) is 7.05 Å². The molecule has 4 rings (SSSR count). The van der Waals surface area contributed by atoms with Crippen LogP contribution in [0.25, 0.3) is 11.0 Å². The van der Waals surface area contributed by atoms with Gasteiger partial charge in [-0.1, -0.05) is 42.1 Å². The second-order valence-corrected chi connectivity index (χ2v) is 7.72. The van der Waals surface area contributed by atoms with Gasteiger partial charge in [-0.25, -0.2) is 9.97 Å². The fraction of sp³-hybridized carbons (Fsp3) is 0.143. The third kappa shape index (κ3) is 3.75. The number of carbonyl (C=O) groups is 1. The molecule has 1 atom stereocenters. The van der Waals surface area contributed by atoms with E-state index < -0.39 is 0 Å². The summed E-state index contributed by atoms with van der Waals surface area (Å²) < 4.78 is 1.74. The second-order valence-electron chi connectivity index (χ2n) is 6.39. The Kier molecular flexibility index (Phi) is 5.08. The zero-order chi connectivity index (χ0) is 19.5. The fourth-order valence-electron chi connectivity index (χ4n) is 2.93. The number of thioether (sulfide) groups is 1. The highest BCUT2D eigenvalue weighted by Crippen LogP contribution is 2.37. The van der Waals surface area contributed by atoms with Gasteiger partial charge >= 0.3 is 0 Å². The first kappa shape index (κ1) is 18.2. The molecule has 0 bridgehead atoms. The van der Waals surface area contributed by atoms with E-state index in [-0.39, 0.29) is 11.2 Å². The van der Waals surface area contributed by atoms with E-state index in [1.165, 1.54) is 0 Å². The number of hydrogen-bond acceptors (Lipinski definition) is 5. The number of benzene rings is 2. The number of fused-ring (bicyclic) bond motifs is 1. The molecule has 0 aliphatic rings. The average Bonchev–Trinajstić information content (AvgIpc) is 3.11. The molecule has 28 heavy (non-hydrogen) atoms. The number of anilines is 1. The summed E-state index contributed by atoms with van der Waals surface area (Å²) in [6.07, 6.45) is 3.36. The summed E-state index contributed by atoms with van der Waals surface area (Å²) in [6.45, 7) is 2.12. The van der Waals surface area contributed by atoms with E-state index in [9.17, 15) is 4.79 Å². The van der Waals surface area contributed by atoms with Crippen molar-refractivity contribution in [2.45, 2.75) is 17.2 Å². The van der Waals surface area contributed by atoms with E-state index in [2.05, 4.69) is 33.4 Å². The molecule has 0 spiro atoms. The van der Waals surface area contributed by atoms with E-state index in [1.54, 1.807) is 41.1 Å². The van der Waals surface area contributed by atoms with Crippen molar-refractivity contribution in [2.24, 2.45) is 7.05 Å². The van der Waals surface area contributed by atoms with E-state index in [0.717, 1.165) is 27.3 Å². The minimum Gasteiger partial charge on any atom is -0.322 e. The van der Waals surface area contributed by atoms with E-state index in [1.807, 2.05) is 43.4 Å². The zero-order valence-corrected chi connectivity index (χ0v) is 16.4. The maximum absolute atomic E-state index is 12.4. The Balaban J connectivity index is 1.53. The van der Waals surface area contributed by atoms with Gasteiger partial charge in [0.15, 0.2) is 5.65 Å². The van der Waals surface area contributed by atoms with Crippen molar-refractivity contribution in [3.8, 4) is 0 Å². The van der Waals surface area contributed by atoms with Gasteiger partial charge in [0.05, 0.1) is 11.6 Å². The van der Waals surface area contributed by atoms with Crippen molar-refractivity contribution < 1.29 is 4.79 Å². The maximum atomic E-state index is 12.4. The molecule has 0 unspecified atom stereocenters. The minimum atomic E-state index is -0.120. The Morgan fingerprint density at radius 2 is 1.93 bits per heavy atom. The number of nitrogens with one attached hydrogen (secondary N) is 1. The van der Waals surface area contributed by atoms with E-state index in [4.69, 9.17) is 0 Å². The first-order valence-corrected chi connectivity index (χ1v) is 9.75. The monoisotopic (exact) mass is 389 g/mol. The molecule has 0 aliphatic heterocycles. The summed E-state index contributed by atoms with van der Waals surface area (Å²) in [7, 11) is 1.87. The predicted molar refractivity (Wildman–Crippen MR) is 111 cm³/mol. The third-order valence-electron chi connectivity index (χ3n) is 4.43. The van der Waals surface area contributed by atoms with Gasteiger partial charge in [-0.15, -0.1) is 0 Å². The second kappa shape index (κ2) is 7.82. The fourth-order valence-corrected chi connectivity index (χ4v) is 3.93. The highest BCUT2D eigenvalue weighted by molar-refractivity contribution is 7.99. The highest BCUT2D eigenvalue weighted by Gasteiger charge is 2.14. The molecule has 7 heteroatoms. The SMILES string of the molecule is C[C@@H](Sc1ncnc2c1cnn2C)c1cccc(NC(=O)c2ccccc2)c1. The lowest BCUT2D eigenvalue weighted by Crippen LogP contribution is -2.11. The molecule has 2 heterocycles. The number of nitrogens with zero attached hydrogens (tertiary/aromatic N) is 4. The standard InChI is InChI=1S/C21H19N5OS/c1-14(28-21-18-12-24-26(2)19(18)22-13-23-21)16-9-6-10-17(11-16)25-20(27)15-7-4-3-5-8-15/h3-14H,1-2H3,(H,25,27)/t14-/m1/s1. The van der Waals surface area contributed by atoms with Crippen molar-refractivity contribution in [3.05, 3.63) is 78.2 Å². The predicted octanol–water partition coefficient (Wildman–Crippen LogP) is 4.47. The molecule has 1 N–H and O–H groups in total. The van der Waals surface area contributed by atoms with Crippen LogP contribution >= 0.6 is 11.8 Å². The molecule has 2 aromatic heterocycles. The molecule has 1 amide bonds. The van der Waals surface area contributed by atoms with Gasteiger partial charge < -0.3 is 5.32 Å². The minimum absolute atomic E-state index is 0.120. The van der Waals surface area contributed by atoms with Crippen LogP contribution in [0.4, 0.5) is 5.69 Å². The van der Waals surface area contributed by atoms with Crippen LogP contribution in [0.3, 0.4) is 0 Å². The smallest absolute Gasteiger partial charge is 0.255 e. The number of amides is 1. The molecule has 0 saturated heterocycles. The van der Waals surface area contributed by atoms with Crippen molar-refractivity contribution in [2.75, 3.05) is 5.32 Å².